The Hall–Kier alpha value is -2.76. The van der Waals surface area contributed by atoms with Crippen LogP contribution in [0.2, 0.25) is 0 Å². The zero-order valence-electron chi connectivity index (χ0n) is 11.8. The first-order valence-electron chi connectivity index (χ1n) is 6.95. The highest BCUT2D eigenvalue weighted by molar-refractivity contribution is 5.97. The van der Waals surface area contributed by atoms with Crippen molar-refractivity contribution in [2.24, 2.45) is 5.73 Å². The molecule has 1 unspecified atom stereocenters. The van der Waals surface area contributed by atoms with Crippen LogP contribution in [0.1, 0.15) is 28.3 Å². The van der Waals surface area contributed by atoms with Crippen LogP contribution in [0.4, 0.5) is 4.39 Å². The average Bonchev–Trinajstić information content (AvgIpc) is 2.56. The van der Waals surface area contributed by atoms with E-state index in [9.17, 15) is 9.18 Å². The van der Waals surface area contributed by atoms with E-state index < -0.39 is 11.7 Å². The van der Waals surface area contributed by atoms with Gasteiger partial charge in [-0.05, 0) is 30.3 Å². The Morgan fingerprint density at radius 2 is 2.23 bits per heavy atom. The number of carbonyl (C=O) groups excluding carboxylic acids is 1. The lowest BCUT2D eigenvalue weighted by Crippen LogP contribution is -2.25. The monoisotopic (exact) mass is 298 g/mol. The summed E-state index contributed by atoms with van der Waals surface area (Å²) in [5.41, 5.74) is 7.22. The summed E-state index contributed by atoms with van der Waals surface area (Å²) in [6.07, 6.45) is 9.21. The lowest BCUT2D eigenvalue weighted by atomic mass is 9.85. The second-order valence-corrected chi connectivity index (χ2v) is 5.08. The molecule has 3 rings (SSSR count). The van der Waals surface area contributed by atoms with Crippen molar-refractivity contribution in [1.29, 1.82) is 0 Å². The molecule has 1 aromatic carbocycles. The SMILES string of the molecule is NC(=O)c1c(F)ccc(-c2cnccn2)c1C1CC=CNC1. The van der Waals surface area contributed by atoms with Gasteiger partial charge in [0.05, 0.1) is 17.5 Å². The number of benzene rings is 1. The highest BCUT2D eigenvalue weighted by Gasteiger charge is 2.26. The summed E-state index contributed by atoms with van der Waals surface area (Å²) >= 11 is 0. The largest absolute Gasteiger partial charge is 0.391 e. The first kappa shape index (κ1) is 14.2. The molecule has 2 aromatic rings. The molecule has 0 saturated carbocycles. The van der Waals surface area contributed by atoms with Crippen molar-refractivity contribution in [2.75, 3.05) is 6.54 Å². The van der Waals surface area contributed by atoms with Gasteiger partial charge in [-0.25, -0.2) is 4.39 Å². The van der Waals surface area contributed by atoms with Crippen LogP contribution in [-0.2, 0) is 0 Å². The summed E-state index contributed by atoms with van der Waals surface area (Å²) in [7, 11) is 0. The lowest BCUT2D eigenvalue weighted by molar-refractivity contribution is 0.0995. The molecule has 1 atom stereocenters. The molecular formula is C16H15FN4O. The summed E-state index contributed by atoms with van der Waals surface area (Å²) in [4.78, 5) is 20.1. The maximum Gasteiger partial charge on any atom is 0.251 e. The molecule has 0 bridgehead atoms. The summed E-state index contributed by atoms with van der Waals surface area (Å²) in [5, 5.41) is 3.11. The van der Waals surface area contributed by atoms with Gasteiger partial charge in [-0.1, -0.05) is 6.08 Å². The third kappa shape index (κ3) is 2.55. The quantitative estimate of drug-likeness (QED) is 0.908. The number of amides is 1. The van der Waals surface area contributed by atoms with Crippen LogP contribution >= 0.6 is 0 Å². The van der Waals surface area contributed by atoms with E-state index in [-0.39, 0.29) is 11.5 Å². The van der Waals surface area contributed by atoms with Crippen molar-refractivity contribution in [1.82, 2.24) is 15.3 Å². The molecule has 0 fully saturated rings. The van der Waals surface area contributed by atoms with Gasteiger partial charge < -0.3 is 11.1 Å². The third-order valence-electron chi connectivity index (χ3n) is 3.71. The Morgan fingerprint density at radius 3 is 2.86 bits per heavy atom. The van der Waals surface area contributed by atoms with Gasteiger partial charge in [-0.15, -0.1) is 0 Å². The highest BCUT2D eigenvalue weighted by Crippen LogP contribution is 2.35. The maximum atomic E-state index is 14.2. The molecule has 2 heterocycles. The minimum atomic E-state index is -0.771. The van der Waals surface area contributed by atoms with Crippen LogP contribution < -0.4 is 11.1 Å². The van der Waals surface area contributed by atoms with Crippen molar-refractivity contribution < 1.29 is 9.18 Å². The van der Waals surface area contributed by atoms with E-state index in [1.807, 2.05) is 12.3 Å². The maximum absolute atomic E-state index is 14.2. The summed E-state index contributed by atoms with van der Waals surface area (Å²) in [6.45, 7) is 0.605. The van der Waals surface area contributed by atoms with Gasteiger partial charge in [0.15, 0.2) is 0 Å². The molecule has 22 heavy (non-hydrogen) atoms. The standard InChI is InChI=1S/C16H15FN4O/c17-12-4-3-11(13-9-20-6-7-21-13)14(15(12)16(18)22)10-2-1-5-19-8-10/h1,3-7,9-10,19H,2,8H2,(H2,18,22). The van der Waals surface area contributed by atoms with E-state index in [4.69, 9.17) is 5.73 Å². The predicted octanol–water partition coefficient (Wildman–Crippen LogP) is 1.97. The summed E-state index contributed by atoms with van der Waals surface area (Å²) in [5.74, 6) is -1.43. The number of nitrogens with one attached hydrogen (secondary N) is 1. The Balaban J connectivity index is 2.23. The fraction of sp³-hybridized carbons (Fsp3) is 0.188. The van der Waals surface area contributed by atoms with Crippen molar-refractivity contribution in [3.05, 3.63) is 59.9 Å². The van der Waals surface area contributed by atoms with E-state index in [2.05, 4.69) is 15.3 Å². The number of primary amides is 1. The number of carbonyl (C=O) groups is 1. The van der Waals surface area contributed by atoms with E-state index >= 15 is 0 Å². The van der Waals surface area contributed by atoms with E-state index in [0.29, 0.717) is 29.8 Å². The fourth-order valence-electron chi connectivity index (χ4n) is 2.76. The number of halogens is 1. The van der Waals surface area contributed by atoms with Gasteiger partial charge in [0.1, 0.15) is 5.82 Å². The van der Waals surface area contributed by atoms with Crippen LogP contribution in [0.3, 0.4) is 0 Å². The Morgan fingerprint density at radius 1 is 1.36 bits per heavy atom. The molecule has 0 radical (unpaired) electrons. The van der Waals surface area contributed by atoms with Gasteiger partial charge in [0.2, 0.25) is 0 Å². The lowest BCUT2D eigenvalue weighted by Gasteiger charge is -2.24. The zero-order chi connectivity index (χ0) is 15.5. The molecule has 1 aliphatic heterocycles. The minimum absolute atomic E-state index is 0.0554. The second kappa shape index (κ2) is 5.93. The molecule has 0 saturated heterocycles. The molecule has 3 N–H and O–H groups in total. The predicted molar refractivity (Wildman–Crippen MR) is 80.4 cm³/mol. The molecule has 0 spiro atoms. The third-order valence-corrected chi connectivity index (χ3v) is 3.71. The number of hydrogen-bond donors (Lipinski definition) is 2. The first-order valence-corrected chi connectivity index (χ1v) is 6.95. The molecule has 6 heteroatoms. The van der Waals surface area contributed by atoms with Crippen LogP contribution in [0.5, 0.6) is 0 Å². The van der Waals surface area contributed by atoms with E-state index in [1.165, 1.54) is 6.07 Å². The van der Waals surface area contributed by atoms with Crippen molar-refractivity contribution in [2.45, 2.75) is 12.3 Å². The molecule has 5 nitrogen and oxygen atoms in total. The number of aromatic nitrogens is 2. The van der Waals surface area contributed by atoms with Crippen LogP contribution in [0, 0.1) is 5.82 Å². The van der Waals surface area contributed by atoms with Crippen LogP contribution in [0.15, 0.2) is 43.0 Å². The average molecular weight is 298 g/mol. The number of rotatable bonds is 3. The molecule has 112 valence electrons. The minimum Gasteiger partial charge on any atom is -0.391 e. The van der Waals surface area contributed by atoms with Gasteiger partial charge >= 0.3 is 0 Å². The molecule has 0 aliphatic carbocycles. The highest BCUT2D eigenvalue weighted by atomic mass is 19.1. The van der Waals surface area contributed by atoms with Crippen molar-refractivity contribution >= 4 is 5.91 Å². The van der Waals surface area contributed by atoms with E-state index in [1.54, 1.807) is 24.7 Å². The van der Waals surface area contributed by atoms with Crippen molar-refractivity contribution in [3.8, 4) is 11.3 Å². The smallest absolute Gasteiger partial charge is 0.251 e. The molecule has 1 amide bonds. The normalized spacial score (nSPS) is 17.0. The Bertz CT molecular complexity index is 730. The van der Waals surface area contributed by atoms with Gasteiger partial charge in [-0.2, -0.15) is 0 Å². The number of hydrogen-bond acceptors (Lipinski definition) is 4. The Kier molecular flexibility index (Phi) is 3.82. The number of allylic oxidation sites excluding steroid dienone is 1. The Labute approximate surface area is 127 Å². The van der Waals surface area contributed by atoms with Crippen molar-refractivity contribution in [3.63, 3.8) is 0 Å². The molecule has 1 aliphatic rings. The van der Waals surface area contributed by atoms with Crippen LogP contribution in [-0.4, -0.2) is 22.4 Å². The van der Waals surface area contributed by atoms with Gasteiger partial charge in [-0.3, -0.25) is 14.8 Å². The first-order chi connectivity index (χ1) is 10.7. The van der Waals surface area contributed by atoms with Gasteiger partial charge in [0.25, 0.3) is 5.91 Å². The molecular weight excluding hydrogens is 283 g/mol. The summed E-state index contributed by atoms with van der Waals surface area (Å²) < 4.78 is 14.2. The van der Waals surface area contributed by atoms with Crippen LogP contribution in [0.25, 0.3) is 11.3 Å². The second-order valence-electron chi connectivity index (χ2n) is 5.08. The fourth-order valence-corrected chi connectivity index (χ4v) is 2.76. The van der Waals surface area contributed by atoms with E-state index in [0.717, 1.165) is 0 Å². The van der Waals surface area contributed by atoms with Gasteiger partial charge in [0, 0.05) is 30.4 Å². The number of nitrogens with zero attached hydrogens (tertiary/aromatic N) is 2. The number of nitrogens with two attached hydrogens (primary N) is 1. The zero-order valence-corrected chi connectivity index (χ0v) is 11.8. The topological polar surface area (TPSA) is 80.9 Å². The summed E-state index contributed by atoms with van der Waals surface area (Å²) in [6, 6.07) is 2.87. The molecule has 1 aromatic heterocycles.